The molecule has 1 aromatic heterocycles. The predicted octanol–water partition coefficient (Wildman–Crippen LogP) is 4.75. The van der Waals surface area contributed by atoms with Gasteiger partial charge in [0.05, 0.1) is 11.4 Å². The second kappa shape index (κ2) is 9.23. The van der Waals surface area contributed by atoms with Crippen LogP contribution in [-0.4, -0.2) is 34.9 Å². The quantitative estimate of drug-likeness (QED) is 0.528. The molecule has 2 heterocycles. The van der Waals surface area contributed by atoms with Gasteiger partial charge in [-0.3, -0.25) is 4.79 Å². The molecule has 1 fully saturated rings. The van der Waals surface area contributed by atoms with E-state index in [4.69, 9.17) is 0 Å². The zero-order valence-electron chi connectivity index (χ0n) is 15.6. The lowest BCUT2D eigenvalue weighted by Gasteiger charge is -2.17. The topological polar surface area (TPSA) is 70.1 Å². The van der Waals surface area contributed by atoms with Crippen molar-refractivity contribution in [3.05, 3.63) is 54.3 Å². The molecule has 1 saturated heterocycles. The molecule has 0 atom stereocenters. The number of hydrogen-bond donors (Lipinski definition) is 2. The van der Waals surface area contributed by atoms with Gasteiger partial charge in [0.2, 0.25) is 11.0 Å². The lowest BCUT2D eigenvalue weighted by Crippen LogP contribution is -2.18. The molecule has 1 aliphatic rings. The van der Waals surface area contributed by atoms with Gasteiger partial charge in [0.15, 0.2) is 4.34 Å². The van der Waals surface area contributed by atoms with Crippen LogP contribution in [0.2, 0.25) is 0 Å². The van der Waals surface area contributed by atoms with Crippen LogP contribution in [0.4, 0.5) is 26.6 Å². The summed E-state index contributed by atoms with van der Waals surface area (Å²) in [6.45, 7) is 2.19. The summed E-state index contributed by atoms with van der Waals surface area (Å²) < 4.78 is 14.3. The van der Waals surface area contributed by atoms with Crippen molar-refractivity contribution >= 4 is 51.2 Å². The first-order chi connectivity index (χ1) is 14.2. The smallest absolute Gasteiger partial charge is 0.234 e. The van der Waals surface area contributed by atoms with E-state index in [0.717, 1.165) is 18.8 Å². The van der Waals surface area contributed by atoms with E-state index < -0.39 is 0 Å². The lowest BCUT2D eigenvalue weighted by molar-refractivity contribution is -0.113. The molecule has 0 aliphatic carbocycles. The number of aromatic nitrogens is 2. The van der Waals surface area contributed by atoms with Crippen molar-refractivity contribution in [2.45, 2.75) is 17.2 Å². The predicted molar refractivity (Wildman–Crippen MR) is 117 cm³/mol. The van der Waals surface area contributed by atoms with Crippen molar-refractivity contribution in [3.8, 4) is 0 Å². The van der Waals surface area contributed by atoms with Crippen LogP contribution in [-0.2, 0) is 4.79 Å². The summed E-state index contributed by atoms with van der Waals surface area (Å²) in [5.74, 6) is -0.239. The van der Waals surface area contributed by atoms with Crippen molar-refractivity contribution in [3.63, 3.8) is 0 Å². The first-order valence-corrected chi connectivity index (χ1v) is 11.1. The minimum absolute atomic E-state index is 0.109. The van der Waals surface area contributed by atoms with Crippen LogP contribution in [0, 0.1) is 5.82 Å². The summed E-state index contributed by atoms with van der Waals surface area (Å²) in [7, 11) is 0. The molecule has 150 valence electrons. The lowest BCUT2D eigenvalue weighted by atomic mass is 10.2. The van der Waals surface area contributed by atoms with E-state index in [9.17, 15) is 9.18 Å². The van der Waals surface area contributed by atoms with Crippen molar-refractivity contribution in [1.29, 1.82) is 0 Å². The number of halogens is 1. The highest BCUT2D eigenvalue weighted by molar-refractivity contribution is 8.01. The number of rotatable bonds is 7. The molecule has 1 aliphatic heterocycles. The summed E-state index contributed by atoms with van der Waals surface area (Å²) in [5.41, 5.74) is 2.31. The summed E-state index contributed by atoms with van der Waals surface area (Å²) in [5, 5.41) is 14.3. The summed E-state index contributed by atoms with van der Waals surface area (Å²) in [4.78, 5) is 14.6. The third kappa shape index (κ3) is 5.24. The molecule has 3 aromatic rings. The van der Waals surface area contributed by atoms with E-state index in [0.29, 0.717) is 15.2 Å². The Balaban J connectivity index is 1.26. The Morgan fingerprint density at radius 1 is 1.10 bits per heavy atom. The maximum atomic E-state index is 13.7. The van der Waals surface area contributed by atoms with Gasteiger partial charge < -0.3 is 15.5 Å². The zero-order chi connectivity index (χ0) is 20.1. The average Bonchev–Trinajstić information content (AvgIpc) is 3.41. The molecule has 4 rings (SSSR count). The average molecular weight is 430 g/mol. The molecule has 0 bridgehead atoms. The van der Waals surface area contributed by atoms with Crippen LogP contribution in [0.15, 0.2) is 52.9 Å². The third-order valence-corrected chi connectivity index (χ3v) is 6.44. The third-order valence-electron chi connectivity index (χ3n) is 4.47. The summed E-state index contributed by atoms with van der Waals surface area (Å²) in [6, 6.07) is 14.3. The van der Waals surface area contributed by atoms with Gasteiger partial charge in [-0.1, -0.05) is 35.2 Å². The number of carbonyl (C=O) groups excluding carboxylic acids is 1. The van der Waals surface area contributed by atoms with Gasteiger partial charge in [-0.05, 0) is 49.2 Å². The van der Waals surface area contributed by atoms with Crippen molar-refractivity contribution in [1.82, 2.24) is 10.2 Å². The first-order valence-electron chi connectivity index (χ1n) is 9.30. The molecule has 1 amide bonds. The van der Waals surface area contributed by atoms with Gasteiger partial charge in [-0.15, -0.1) is 10.2 Å². The SMILES string of the molecule is O=C(CSc1nnc(Nc2ccccc2F)s1)Nc1ccc(N2CCCC2)cc1. The highest BCUT2D eigenvalue weighted by Crippen LogP contribution is 2.28. The number of anilines is 4. The van der Waals surface area contributed by atoms with E-state index >= 15 is 0 Å². The first kappa shape index (κ1) is 19.7. The molecule has 29 heavy (non-hydrogen) atoms. The molecule has 0 spiro atoms. The normalized spacial score (nSPS) is 13.5. The van der Waals surface area contributed by atoms with Crippen LogP contribution in [0.1, 0.15) is 12.8 Å². The molecule has 2 N–H and O–H groups in total. The van der Waals surface area contributed by atoms with Gasteiger partial charge >= 0.3 is 0 Å². The van der Waals surface area contributed by atoms with E-state index in [1.165, 1.54) is 47.7 Å². The van der Waals surface area contributed by atoms with Gasteiger partial charge in [0.25, 0.3) is 0 Å². The number of hydrogen-bond acceptors (Lipinski definition) is 7. The fraction of sp³-hybridized carbons (Fsp3) is 0.250. The fourth-order valence-electron chi connectivity index (χ4n) is 3.05. The Kier molecular flexibility index (Phi) is 6.26. The largest absolute Gasteiger partial charge is 0.372 e. The Morgan fingerprint density at radius 2 is 1.86 bits per heavy atom. The molecule has 9 heteroatoms. The maximum Gasteiger partial charge on any atom is 0.234 e. The minimum Gasteiger partial charge on any atom is -0.372 e. The summed E-state index contributed by atoms with van der Waals surface area (Å²) >= 11 is 2.58. The Morgan fingerprint density at radius 3 is 2.62 bits per heavy atom. The van der Waals surface area contributed by atoms with Crippen LogP contribution in [0.5, 0.6) is 0 Å². The highest BCUT2D eigenvalue weighted by Gasteiger charge is 2.13. The maximum absolute atomic E-state index is 13.7. The Labute approximate surface area is 176 Å². The molecule has 0 saturated carbocycles. The van der Waals surface area contributed by atoms with Crippen molar-refractivity contribution < 1.29 is 9.18 Å². The zero-order valence-corrected chi connectivity index (χ0v) is 17.2. The van der Waals surface area contributed by atoms with E-state index in [-0.39, 0.29) is 17.5 Å². The number of benzene rings is 2. The number of nitrogens with zero attached hydrogens (tertiary/aromatic N) is 3. The molecule has 0 unspecified atom stereocenters. The van der Waals surface area contributed by atoms with Crippen molar-refractivity contribution in [2.24, 2.45) is 0 Å². The van der Waals surface area contributed by atoms with E-state index in [2.05, 4.69) is 25.7 Å². The van der Waals surface area contributed by atoms with Crippen LogP contribution in [0.3, 0.4) is 0 Å². The van der Waals surface area contributed by atoms with Gasteiger partial charge in [0, 0.05) is 24.5 Å². The van der Waals surface area contributed by atoms with Gasteiger partial charge in [-0.2, -0.15) is 0 Å². The standard InChI is InChI=1S/C20H20FN5OS2/c21-16-5-1-2-6-17(16)23-19-24-25-20(29-19)28-13-18(27)22-14-7-9-15(10-8-14)26-11-3-4-12-26/h1-2,5-10H,3-4,11-13H2,(H,22,27)(H,23,24). The van der Waals surface area contributed by atoms with Gasteiger partial charge in [-0.25, -0.2) is 4.39 Å². The van der Waals surface area contributed by atoms with Crippen LogP contribution >= 0.6 is 23.1 Å². The van der Waals surface area contributed by atoms with Crippen molar-refractivity contribution in [2.75, 3.05) is 34.4 Å². The van der Waals surface area contributed by atoms with Gasteiger partial charge in [0.1, 0.15) is 5.82 Å². The Bertz CT molecular complexity index is 973. The number of amides is 1. The number of thioether (sulfide) groups is 1. The number of nitrogens with one attached hydrogen (secondary N) is 2. The van der Waals surface area contributed by atoms with E-state index in [1.54, 1.807) is 18.2 Å². The van der Waals surface area contributed by atoms with Crippen LogP contribution in [0.25, 0.3) is 0 Å². The van der Waals surface area contributed by atoms with E-state index in [1.807, 2.05) is 24.3 Å². The minimum atomic E-state index is -0.355. The highest BCUT2D eigenvalue weighted by atomic mass is 32.2. The summed E-state index contributed by atoms with van der Waals surface area (Å²) in [6.07, 6.45) is 2.47. The van der Waals surface area contributed by atoms with Crippen LogP contribution < -0.4 is 15.5 Å². The molecule has 0 radical (unpaired) electrons. The molecular weight excluding hydrogens is 409 g/mol. The number of carbonyl (C=O) groups is 1. The molecule has 6 nitrogen and oxygen atoms in total. The monoisotopic (exact) mass is 429 g/mol. The number of para-hydroxylation sites is 1. The Hall–Kier alpha value is -2.65. The molecular formula is C20H20FN5OS2. The second-order valence-electron chi connectivity index (χ2n) is 6.56. The molecule has 2 aromatic carbocycles. The fourth-order valence-corrected chi connectivity index (χ4v) is 4.62. The second-order valence-corrected chi connectivity index (χ2v) is 8.76.